The van der Waals surface area contributed by atoms with Crippen LogP contribution in [0.4, 0.5) is 0 Å². The first kappa shape index (κ1) is 18.8. The van der Waals surface area contributed by atoms with Crippen LogP contribution in [0.2, 0.25) is 0 Å². The predicted molar refractivity (Wildman–Crippen MR) is 95.3 cm³/mol. The molecule has 1 aliphatic rings. The number of ether oxygens (including phenoxy) is 1. The number of nitrogens with one attached hydrogen (secondary N) is 1. The van der Waals surface area contributed by atoms with E-state index in [1.165, 1.54) is 6.33 Å². The molecule has 0 bridgehead atoms. The van der Waals surface area contributed by atoms with E-state index in [2.05, 4.69) is 15.0 Å². The van der Waals surface area contributed by atoms with Gasteiger partial charge in [-0.2, -0.15) is 0 Å². The number of H-pyrrole nitrogens is 1. The second-order valence-electron chi connectivity index (χ2n) is 7.37. The van der Waals surface area contributed by atoms with Crippen molar-refractivity contribution in [3.63, 3.8) is 0 Å². The number of fused-ring (bicyclic) bond motifs is 1. The van der Waals surface area contributed by atoms with E-state index in [1.54, 1.807) is 6.20 Å². The van der Waals surface area contributed by atoms with E-state index in [0.717, 1.165) is 22.3 Å². The number of aliphatic hydroxyl groups is 2. The number of rotatable bonds is 5. The molecule has 142 valence electrons. The van der Waals surface area contributed by atoms with Crippen molar-refractivity contribution in [2.45, 2.75) is 51.4 Å². The minimum Gasteiger partial charge on any atom is -0.458 e. The maximum Gasteiger partial charge on any atom is 0.323 e. The maximum absolute atomic E-state index is 12.2. The highest BCUT2D eigenvalue weighted by atomic mass is 16.6. The summed E-state index contributed by atoms with van der Waals surface area (Å²) in [5.41, 5.74) is 9.06. The van der Waals surface area contributed by atoms with Gasteiger partial charge >= 0.3 is 5.97 Å². The maximum atomic E-state index is 12.2. The molecular weight excluding hydrogens is 336 g/mol. The predicted octanol–water partition coefficient (Wildman–Crippen LogP) is 0.618. The summed E-state index contributed by atoms with van der Waals surface area (Å²) < 4.78 is 5.50. The number of aromatic nitrogens is 3. The molecule has 5 N–H and O–H groups in total. The SMILES string of the molecule is Cc1ncnc2c([C@@H]3C[C@H](CO)[C@@H](OC(=O)[C@@H](N)C(C)C)[C@H]3O)c[nH]c12. The number of carbonyl (C=O) groups is 1. The molecule has 26 heavy (non-hydrogen) atoms. The van der Waals surface area contributed by atoms with E-state index in [9.17, 15) is 15.0 Å². The Bertz CT molecular complexity index is 791. The van der Waals surface area contributed by atoms with Gasteiger partial charge in [-0.3, -0.25) is 4.79 Å². The summed E-state index contributed by atoms with van der Waals surface area (Å²) in [5.74, 6) is -1.28. The fourth-order valence-electron chi connectivity index (χ4n) is 3.61. The normalized spacial score (nSPS) is 27.2. The summed E-state index contributed by atoms with van der Waals surface area (Å²) in [7, 11) is 0. The van der Waals surface area contributed by atoms with E-state index in [-0.39, 0.29) is 24.4 Å². The van der Waals surface area contributed by atoms with Gasteiger partial charge in [-0.15, -0.1) is 0 Å². The van der Waals surface area contributed by atoms with Crippen molar-refractivity contribution in [3.8, 4) is 0 Å². The molecule has 0 saturated heterocycles. The summed E-state index contributed by atoms with van der Waals surface area (Å²) >= 11 is 0. The van der Waals surface area contributed by atoms with Crippen LogP contribution in [0.5, 0.6) is 0 Å². The molecule has 5 atom stereocenters. The lowest BCUT2D eigenvalue weighted by molar-refractivity contribution is -0.159. The number of nitrogens with zero attached hydrogens (tertiary/aromatic N) is 2. The third-order valence-electron chi connectivity index (χ3n) is 5.33. The van der Waals surface area contributed by atoms with Gasteiger partial charge in [0.1, 0.15) is 18.5 Å². The first-order chi connectivity index (χ1) is 12.3. The van der Waals surface area contributed by atoms with Gasteiger partial charge < -0.3 is 25.7 Å². The summed E-state index contributed by atoms with van der Waals surface area (Å²) in [6, 6.07) is -0.760. The van der Waals surface area contributed by atoms with Crippen LogP contribution in [0.25, 0.3) is 11.0 Å². The molecule has 2 aromatic heterocycles. The fourth-order valence-corrected chi connectivity index (χ4v) is 3.61. The number of hydrogen-bond donors (Lipinski definition) is 4. The summed E-state index contributed by atoms with van der Waals surface area (Å²) in [6.07, 6.45) is 2.04. The zero-order valence-electron chi connectivity index (χ0n) is 15.2. The molecule has 0 aromatic carbocycles. The van der Waals surface area contributed by atoms with Crippen LogP contribution >= 0.6 is 0 Å². The molecular formula is C18H26N4O4. The topological polar surface area (TPSA) is 134 Å². The van der Waals surface area contributed by atoms with Crippen molar-refractivity contribution < 1.29 is 19.7 Å². The molecule has 1 saturated carbocycles. The summed E-state index contributed by atoms with van der Waals surface area (Å²) in [4.78, 5) is 23.9. The van der Waals surface area contributed by atoms with Gasteiger partial charge in [0.2, 0.25) is 0 Å². The Labute approximate surface area is 151 Å². The van der Waals surface area contributed by atoms with E-state index >= 15 is 0 Å². The largest absolute Gasteiger partial charge is 0.458 e. The monoisotopic (exact) mass is 362 g/mol. The Balaban J connectivity index is 1.86. The number of hydrogen-bond acceptors (Lipinski definition) is 7. The molecule has 0 aliphatic heterocycles. The number of aryl methyl sites for hydroxylation is 1. The Morgan fingerprint density at radius 1 is 1.46 bits per heavy atom. The van der Waals surface area contributed by atoms with Gasteiger partial charge in [0.05, 0.1) is 22.8 Å². The van der Waals surface area contributed by atoms with Crippen LogP contribution in [-0.2, 0) is 9.53 Å². The molecule has 1 aliphatic carbocycles. The minimum atomic E-state index is -0.940. The van der Waals surface area contributed by atoms with Crippen LogP contribution in [-0.4, -0.2) is 56.0 Å². The lowest BCUT2D eigenvalue weighted by Crippen LogP contribution is -2.43. The fraction of sp³-hybridized carbons (Fsp3) is 0.611. The van der Waals surface area contributed by atoms with Gasteiger partial charge in [0.25, 0.3) is 0 Å². The van der Waals surface area contributed by atoms with Crippen molar-refractivity contribution in [3.05, 3.63) is 23.8 Å². The second-order valence-corrected chi connectivity index (χ2v) is 7.37. The average molecular weight is 362 g/mol. The van der Waals surface area contributed by atoms with Gasteiger partial charge in [-0.1, -0.05) is 13.8 Å². The second kappa shape index (κ2) is 7.30. The van der Waals surface area contributed by atoms with Crippen LogP contribution < -0.4 is 5.73 Å². The molecule has 8 heteroatoms. The number of carbonyl (C=O) groups excluding carboxylic acids is 1. The summed E-state index contributed by atoms with van der Waals surface area (Å²) in [6.45, 7) is 5.36. The quantitative estimate of drug-likeness (QED) is 0.573. The molecule has 0 radical (unpaired) electrons. The van der Waals surface area contributed by atoms with Gasteiger partial charge in [0.15, 0.2) is 0 Å². The highest BCUT2D eigenvalue weighted by Crippen LogP contribution is 2.42. The standard InChI is InChI=1S/C18H26N4O4/c1-8(2)13(19)18(25)26-17-10(6-23)4-11(16(17)24)12-5-20-14-9(3)21-7-22-15(12)14/h5,7-8,10-11,13,16-17,20,23-24H,4,6,19H2,1-3H3/t10-,11+,13+,16+,17-/m1/s1. The smallest absolute Gasteiger partial charge is 0.323 e. The Morgan fingerprint density at radius 3 is 2.85 bits per heavy atom. The van der Waals surface area contributed by atoms with Crippen LogP contribution in [0, 0.1) is 18.8 Å². The van der Waals surface area contributed by atoms with E-state index < -0.39 is 24.2 Å². The van der Waals surface area contributed by atoms with Crippen LogP contribution in [0.1, 0.15) is 37.4 Å². The Kier molecular flexibility index (Phi) is 5.27. The molecule has 0 amide bonds. The molecule has 2 heterocycles. The number of nitrogens with two attached hydrogens (primary N) is 1. The van der Waals surface area contributed by atoms with Crippen molar-refractivity contribution in [2.75, 3.05) is 6.61 Å². The van der Waals surface area contributed by atoms with Crippen molar-refractivity contribution in [2.24, 2.45) is 17.6 Å². The van der Waals surface area contributed by atoms with Crippen LogP contribution in [0.15, 0.2) is 12.5 Å². The zero-order chi connectivity index (χ0) is 19.0. The molecule has 2 aromatic rings. The molecule has 0 spiro atoms. The van der Waals surface area contributed by atoms with Crippen molar-refractivity contribution in [1.29, 1.82) is 0 Å². The van der Waals surface area contributed by atoms with E-state index in [0.29, 0.717) is 6.42 Å². The number of aliphatic hydroxyl groups excluding tert-OH is 2. The van der Waals surface area contributed by atoms with Crippen LogP contribution in [0.3, 0.4) is 0 Å². The number of esters is 1. The molecule has 0 unspecified atom stereocenters. The van der Waals surface area contributed by atoms with Gasteiger partial charge in [-0.25, -0.2) is 9.97 Å². The highest BCUT2D eigenvalue weighted by molar-refractivity contribution is 5.81. The average Bonchev–Trinajstić information content (AvgIpc) is 3.17. The third-order valence-corrected chi connectivity index (χ3v) is 5.33. The first-order valence-corrected chi connectivity index (χ1v) is 8.88. The van der Waals surface area contributed by atoms with Crippen molar-refractivity contribution >= 4 is 17.0 Å². The Morgan fingerprint density at radius 2 is 2.19 bits per heavy atom. The van der Waals surface area contributed by atoms with Crippen molar-refractivity contribution in [1.82, 2.24) is 15.0 Å². The van der Waals surface area contributed by atoms with Gasteiger partial charge in [-0.05, 0) is 19.3 Å². The lowest BCUT2D eigenvalue weighted by Gasteiger charge is -2.24. The first-order valence-electron chi connectivity index (χ1n) is 8.88. The summed E-state index contributed by atoms with van der Waals surface area (Å²) in [5, 5.41) is 20.6. The van der Waals surface area contributed by atoms with Gasteiger partial charge in [0, 0.05) is 30.2 Å². The molecule has 3 rings (SSSR count). The van der Waals surface area contributed by atoms with E-state index in [1.807, 2.05) is 20.8 Å². The third kappa shape index (κ3) is 3.20. The molecule has 1 fully saturated rings. The van der Waals surface area contributed by atoms with E-state index in [4.69, 9.17) is 10.5 Å². The minimum absolute atomic E-state index is 0.0716. The highest BCUT2D eigenvalue weighted by Gasteiger charge is 2.46. The lowest BCUT2D eigenvalue weighted by atomic mass is 9.96. The zero-order valence-corrected chi connectivity index (χ0v) is 15.2. The Hall–Kier alpha value is -2.03. The number of aromatic amines is 1. The molecule has 8 nitrogen and oxygen atoms in total.